The summed E-state index contributed by atoms with van der Waals surface area (Å²) in [6.07, 6.45) is 0. The molecule has 3 unspecified atom stereocenters. The molecule has 0 radical (unpaired) electrons. The van der Waals surface area contributed by atoms with Gasteiger partial charge in [0.2, 0.25) is 5.54 Å². The molecule has 2 spiro atoms. The monoisotopic (exact) mass is 392 g/mol. The van der Waals surface area contributed by atoms with E-state index in [-0.39, 0.29) is 5.92 Å². The van der Waals surface area contributed by atoms with E-state index < -0.39 is 22.7 Å². The largest absolute Gasteiger partial charge is 0.497 e. The van der Waals surface area contributed by atoms with E-state index in [4.69, 9.17) is 24.4 Å². The molecule has 0 N–H and O–H groups in total. The Labute approximate surface area is 169 Å². The van der Waals surface area contributed by atoms with Crippen molar-refractivity contribution in [1.82, 2.24) is 0 Å². The molecule has 3 aliphatic heterocycles. The van der Waals surface area contributed by atoms with E-state index in [9.17, 15) is 0 Å². The summed E-state index contributed by atoms with van der Waals surface area (Å²) < 4.78 is 18.1. The van der Waals surface area contributed by atoms with Gasteiger partial charge < -0.3 is 9.47 Å². The van der Waals surface area contributed by atoms with Crippen LogP contribution < -0.4 is 9.47 Å². The standard InChI is InChI=1S/C22H24N4O3/c1-19(2)18(14-10-12-15(27-5)13-11-14)21(25-23-19)16-8-6-7-9-17(16)28-22(21)26-24-20(3,4)29-22/h6-13,18H,1-5H3. The molecule has 2 aromatic rings. The van der Waals surface area contributed by atoms with E-state index in [0.29, 0.717) is 5.75 Å². The third kappa shape index (κ3) is 2.34. The molecule has 7 heteroatoms. The van der Waals surface area contributed by atoms with Gasteiger partial charge in [-0.15, -0.1) is 5.11 Å². The first-order valence-corrected chi connectivity index (χ1v) is 9.74. The van der Waals surface area contributed by atoms with Gasteiger partial charge in [0.25, 0.3) is 0 Å². The molecule has 0 fully saturated rings. The van der Waals surface area contributed by atoms with E-state index in [2.05, 4.69) is 36.2 Å². The number of benzene rings is 2. The van der Waals surface area contributed by atoms with Gasteiger partial charge in [0.1, 0.15) is 11.5 Å². The summed E-state index contributed by atoms with van der Waals surface area (Å²) in [5, 5.41) is 18.5. The van der Waals surface area contributed by atoms with Crippen LogP contribution in [0.5, 0.6) is 11.5 Å². The molecule has 0 saturated heterocycles. The molecule has 0 saturated carbocycles. The molecule has 2 aromatic carbocycles. The molecule has 150 valence electrons. The Balaban J connectivity index is 1.76. The van der Waals surface area contributed by atoms with Crippen LogP contribution in [-0.2, 0) is 10.3 Å². The van der Waals surface area contributed by atoms with Crippen molar-refractivity contribution < 1.29 is 14.2 Å². The van der Waals surface area contributed by atoms with Crippen molar-refractivity contribution in [2.75, 3.05) is 7.11 Å². The number of hydrogen-bond donors (Lipinski definition) is 0. The lowest BCUT2D eigenvalue weighted by Crippen LogP contribution is -2.55. The van der Waals surface area contributed by atoms with Crippen LogP contribution >= 0.6 is 0 Å². The SMILES string of the molecule is COc1ccc(C2C(C)(C)N=NC23c2ccccc2OC32N=NC(C)(C)O2)cc1. The molecule has 7 nitrogen and oxygen atoms in total. The van der Waals surface area contributed by atoms with Crippen molar-refractivity contribution in [2.24, 2.45) is 20.5 Å². The minimum atomic E-state index is -1.40. The lowest BCUT2D eigenvalue weighted by atomic mass is 9.66. The van der Waals surface area contributed by atoms with E-state index in [1.54, 1.807) is 7.11 Å². The summed E-state index contributed by atoms with van der Waals surface area (Å²) in [6, 6.07) is 15.9. The van der Waals surface area contributed by atoms with Gasteiger partial charge in [-0.05, 0) is 51.5 Å². The van der Waals surface area contributed by atoms with Gasteiger partial charge >= 0.3 is 5.91 Å². The molecular formula is C22H24N4O3. The maximum atomic E-state index is 6.37. The number of azo groups is 2. The second-order valence-corrected chi connectivity index (χ2v) is 8.76. The van der Waals surface area contributed by atoms with Crippen molar-refractivity contribution in [2.45, 2.75) is 56.3 Å². The van der Waals surface area contributed by atoms with Crippen molar-refractivity contribution in [1.29, 1.82) is 0 Å². The number of nitrogens with zero attached hydrogens (tertiary/aromatic N) is 4. The highest BCUT2D eigenvalue weighted by Crippen LogP contribution is 2.66. The minimum absolute atomic E-state index is 0.183. The first-order valence-electron chi connectivity index (χ1n) is 9.74. The van der Waals surface area contributed by atoms with Gasteiger partial charge in [-0.1, -0.05) is 30.3 Å². The van der Waals surface area contributed by atoms with Crippen LogP contribution in [0.15, 0.2) is 69.0 Å². The topological polar surface area (TPSA) is 77.1 Å². The first kappa shape index (κ1) is 18.2. The van der Waals surface area contributed by atoms with Gasteiger partial charge in [0.15, 0.2) is 5.72 Å². The Morgan fingerprint density at radius 2 is 1.59 bits per heavy atom. The number of ether oxygens (including phenoxy) is 3. The molecule has 29 heavy (non-hydrogen) atoms. The van der Waals surface area contributed by atoms with Crippen molar-refractivity contribution in [3.63, 3.8) is 0 Å². The van der Waals surface area contributed by atoms with E-state index in [1.807, 2.05) is 50.2 Å². The lowest BCUT2D eigenvalue weighted by molar-refractivity contribution is -0.234. The fourth-order valence-electron chi connectivity index (χ4n) is 4.76. The van der Waals surface area contributed by atoms with Crippen LogP contribution in [0.25, 0.3) is 0 Å². The highest BCUT2D eigenvalue weighted by Gasteiger charge is 2.75. The molecule has 3 atom stereocenters. The number of hydrogen-bond acceptors (Lipinski definition) is 7. The molecule has 0 amide bonds. The summed E-state index contributed by atoms with van der Waals surface area (Å²) in [5.41, 5.74) is -0.342. The maximum Gasteiger partial charge on any atom is 0.365 e. The molecule has 5 rings (SSSR count). The smallest absolute Gasteiger partial charge is 0.365 e. The number of fused-ring (bicyclic) bond motifs is 3. The quantitative estimate of drug-likeness (QED) is 0.706. The van der Waals surface area contributed by atoms with Crippen LogP contribution in [0.2, 0.25) is 0 Å². The fraction of sp³-hybridized carbons (Fsp3) is 0.455. The van der Waals surface area contributed by atoms with Gasteiger partial charge in [0, 0.05) is 5.56 Å². The molecule has 0 bridgehead atoms. The Kier molecular flexibility index (Phi) is 3.54. The molecule has 3 heterocycles. The predicted molar refractivity (Wildman–Crippen MR) is 106 cm³/mol. The Hall–Kier alpha value is -2.80. The highest BCUT2D eigenvalue weighted by molar-refractivity contribution is 5.52. The van der Waals surface area contributed by atoms with Gasteiger partial charge in [-0.3, -0.25) is 4.74 Å². The summed E-state index contributed by atoms with van der Waals surface area (Å²) in [7, 11) is 1.66. The average Bonchev–Trinajstić information content (AvgIpc) is 3.26. The highest BCUT2D eigenvalue weighted by atomic mass is 16.8. The zero-order valence-electron chi connectivity index (χ0n) is 17.2. The van der Waals surface area contributed by atoms with Gasteiger partial charge in [0.05, 0.1) is 18.6 Å². The average molecular weight is 392 g/mol. The Morgan fingerprint density at radius 1 is 0.862 bits per heavy atom. The summed E-state index contributed by atoms with van der Waals surface area (Å²) in [5.74, 6) is -0.0953. The lowest BCUT2D eigenvalue weighted by Gasteiger charge is -2.40. The van der Waals surface area contributed by atoms with E-state index >= 15 is 0 Å². The fourth-order valence-corrected chi connectivity index (χ4v) is 4.76. The predicted octanol–water partition coefficient (Wildman–Crippen LogP) is 5.18. The first-order chi connectivity index (χ1) is 13.7. The summed E-state index contributed by atoms with van der Waals surface area (Å²) in [6.45, 7) is 7.88. The van der Waals surface area contributed by atoms with Crippen LogP contribution in [0.3, 0.4) is 0 Å². The van der Waals surface area contributed by atoms with E-state index in [1.165, 1.54) is 0 Å². The van der Waals surface area contributed by atoms with Gasteiger partial charge in [-0.2, -0.15) is 15.3 Å². The Morgan fingerprint density at radius 3 is 2.24 bits per heavy atom. The number of methoxy groups -OCH3 is 1. The number of para-hydroxylation sites is 1. The Bertz CT molecular complexity index is 1030. The molecule has 0 aliphatic carbocycles. The molecule has 0 aromatic heterocycles. The number of rotatable bonds is 2. The maximum absolute atomic E-state index is 6.37. The molecular weight excluding hydrogens is 368 g/mol. The summed E-state index contributed by atoms with van der Waals surface area (Å²) in [4.78, 5) is 0. The van der Waals surface area contributed by atoms with Crippen molar-refractivity contribution >= 4 is 0 Å². The van der Waals surface area contributed by atoms with Gasteiger partial charge in [-0.25, -0.2) is 0 Å². The summed E-state index contributed by atoms with van der Waals surface area (Å²) >= 11 is 0. The van der Waals surface area contributed by atoms with Crippen LogP contribution in [-0.4, -0.2) is 24.3 Å². The third-order valence-electron chi connectivity index (χ3n) is 5.88. The zero-order chi connectivity index (χ0) is 20.5. The van der Waals surface area contributed by atoms with Crippen LogP contribution in [0, 0.1) is 0 Å². The molecule has 3 aliphatic rings. The normalized spacial score (nSPS) is 32.7. The van der Waals surface area contributed by atoms with Crippen molar-refractivity contribution in [3.8, 4) is 11.5 Å². The van der Waals surface area contributed by atoms with E-state index in [0.717, 1.165) is 16.9 Å². The van der Waals surface area contributed by atoms with Crippen molar-refractivity contribution in [3.05, 3.63) is 59.7 Å². The minimum Gasteiger partial charge on any atom is -0.497 e. The second-order valence-electron chi connectivity index (χ2n) is 8.76. The van der Waals surface area contributed by atoms with Crippen LogP contribution in [0.4, 0.5) is 0 Å². The zero-order valence-corrected chi connectivity index (χ0v) is 17.2. The van der Waals surface area contributed by atoms with Crippen LogP contribution in [0.1, 0.15) is 44.7 Å². The third-order valence-corrected chi connectivity index (χ3v) is 5.88. The second kappa shape index (κ2) is 5.63.